The first-order valence-corrected chi connectivity index (χ1v) is 7.72. The van der Waals surface area contributed by atoms with Gasteiger partial charge in [0, 0.05) is 22.9 Å². The molecule has 118 valence electrons. The van der Waals surface area contributed by atoms with Crippen LogP contribution in [0.3, 0.4) is 0 Å². The monoisotopic (exact) mass is 321 g/mol. The molecule has 2 bridgehead atoms. The topological polar surface area (TPSA) is 50.7 Å². The molecule has 0 radical (unpaired) electrons. The number of ether oxygens (including phenoxy) is 2. The Morgan fingerprint density at radius 2 is 2.23 bits per heavy atom. The van der Waals surface area contributed by atoms with Crippen molar-refractivity contribution in [3.63, 3.8) is 0 Å². The maximum Gasteiger partial charge on any atom is 0.165 e. The number of methoxy groups -OCH3 is 1. The second-order valence-electron chi connectivity index (χ2n) is 6.63. The van der Waals surface area contributed by atoms with Crippen LogP contribution in [0.25, 0.3) is 0 Å². The van der Waals surface area contributed by atoms with E-state index in [-0.39, 0.29) is 23.9 Å². The Balaban J connectivity index is 0.00000125. The first kappa shape index (κ1) is 14.4. The number of benzene rings is 1. The third-order valence-electron chi connectivity index (χ3n) is 5.88. The van der Waals surface area contributed by atoms with Crippen molar-refractivity contribution in [2.24, 2.45) is 5.92 Å². The Bertz CT molecular complexity index is 662. The Hall–Kier alpha value is -1.23. The highest BCUT2D eigenvalue weighted by Gasteiger charge is 2.63. The van der Waals surface area contributed by atoms with Crippen molar-refractivity contribution >= 4 is 12.4 Å². The lowest BCUT2D eigenvalue weighted by Crippen LogP contribution is -2.64. The standard InChI is InChI=1S/C17H19NO3.ClH/c1-20-13-5-2-9-8-11-10-3-4-12(19)16-17(10,6-7-18-11)14(9)15(13)21-16;/h2-5,10-12,16,18-19H,6-8H2,1H3;1H/t10-,11+,12-,16-,17-;/m1./s1. The molecule has 5 rings (SSSR count). The molecule has 1 aromatic carbocycles. The van der Waals surface area contributed by atoms with E-state index in [2.05, 4.69) is 17.5 Å². The lowest BCUT2D eigenvalue weighted by Gasteiger charge is -2.53. The van der Waals surface area contributed by atoms with E-state index >= 15 is 0 Å². The predicted octanol–water partition coefficient (Wildman–Crippen LogP) is 1.58. The highest BCUT2D eigenvalue weighted by atomic mass is 35.5. The van der Waals surface area contributed by atoms with Crippen molar-refractivity contribution in [1.82, 2.24) is 5.32 Å². The van der Waals surface area contributed by atoms with Gasteiger partial charge in [-0.15, -0.1) is 12.4 Å². The molecule has 0 unspecified atom stereocenters. The van der Waals surface area contributed by atoms with Crippen molar-refractivity contribution in [2.75, 3.05) is 13.7 Å². The Labute approximate surface area is 135 Å². The molecule has 1 fully saturated rings. The summed E-state index contributed by atoms with van der Waals surface area (Å²) in [5.74, 6) is 2.06. The summed E-state index contributed by atoms with van der Waals surface area (Å²) in [5, 5.41) is 14.1. The van der Waals surface area contributed by atoms with Crippen LogP contribution in [0.1, 0.15) is 17.5 Å². The van der Waals surface area contributed by atoms with E-state index in [9.17, 15) is 5.11 Å². The molecule has 0 aromatic heterocycles. The van der Waals surface area contributed by atoms with Gasteiger partial charge in [0.1, 0.15) is 12.2 Å². The smallest absolute Gasteiger partial charge is 0.165 e. The van der Waals surface area contributed by atoms with Gasteiger partial charge in [0.05, 0.1) is 7.11 Å². The first-order valence-electron chi connectivity index (χ1n) is 7.72. The van der Waals surface area contributed by atoms with Crippen LogP contribution < -0.4 is 14.8 Å². The molecular weight excluding hydrogens is 302 g/mol. The molecule has 1 aromatic rings. The molecule has 1 saturated heterocycles. The van der Waals surface area contributed by atoms with Crippen LogP contribution in [0, 0.1) is 5.92 Å². The second kappa shape index (κ2) is 4.63. The number of piperidine rings is 1. The van der Waals surface area contributed by atoms with Crippen LogP contribution in [-0.4, -0.2) is 37.0 Å². The molecule has 5 heteroatoms. The maximum atomic E-state index is 10.5. The highest BCUT2D eigenvalue weighted by Crippen LogP contribution is 2.61. The van der Waals surface area contributed by atoms with Crippen molar-refractivity contribution in [3.05, 3.63) is 35.4 Å². The number of hydrogen-bond donors (Lipinski definition) is 2. The van der Waals surface area contributed by atoms with Crippen molar-refractivity contribution in [2.45, 2.75) is 36.5 Å². The summed E-state index contributed by atoms with van der Waals surface area (Å²) < 4.78 is 11.8. The van der Waals surface area contributed by atoms with Crippen LogP contribution in [0.5, 0.6) is 11.5 Å². The summed E-state index contributed by atoms with van der Waals surface area (Å²) in [5.41, 5.74) is 2.57. The van der Waals surface area contributed by atoms with Crippen molar-refractivity contribution < 1.29 is 14.6 Å². The molecular formula is C17H20ClNO3. The van der Waals surface area contributed by atoms with Gasteiger partial charge < -0.3 is 19.9 Å². The fourth-order valence-corrected chi connectivity index (χ4v) is 5.13. The fourth-order valence-electron chi connectivity index (χ4n) is 5.13. The van der Waals surface area contributed by atoms with Crippen LogP contribution >= 0.6 is 12.4 Å². The number of halogens is 1. The van der Waals surface area contributed by atoms with Gasteiger partial charge >= 0.3 is 0 Å². The van der Waals surface area contributed by atoms with E-state index in [0.717, 1.165) is 30.9 Å². The van der Waals surface area contributed by atoms with E-state index < -0.39 is 6.10 Å². The SMILES string of the molecule is COc1ccc2c3c1O[C@@H]1[C@H](O)C=C[C@@H]4[C@H](C2)NCC[C@]341.Cl. The van der Waals surface area contributed by atoms with Gasteiger partial charge in [-0.25, -0.2) is 0 Å². The van der Waals surface area contributed by atoms with E-state index in [1.165, 1.54) is 11.1 Å². The third kappa shape index (κ3) is 1.46. The average molecular weight is 322 g/mol. The van der Waals surface area contributed by atoms with E-state index in [0.29, 0.717) is 12.0 Å². The molecule has 5 atom stereocenters. The summed E-state index contributed by atoms with van der Waals surface area (Å²) in [4.78, 5) is 0. The lowest BCUT2D eigenvalue weighted by molar-refractivity contribution is -0.0177. The molecule has 0 amide bonds. The number of rotatable bonds is 1. The summed E-state index contributed by atoms with van der Waals surface area (Å²) in [7, 11) is 1.68. The Morgan fingerprint density at radius 3 is 3.05 bits per heavy atom. The largest absolute Gasteiger partial charge is 0.493 e. The summed E-state index contributed by atoms with van der Waals surface area (Å²) in [6.07, 6.45) is 5.43. The molecule has 4 nitrogen and oxygen atoms in total. The Kier molecular flexibility index (Phi) is 3.03. The lowest BCUT2D eigenvalue weighted by atomic mass is 9.54. The fraction of sp³-hybridized carbons (Fsp3) is 0.529. The summed E-state index contributed by atoms with van der Waals surface area (Å²) in [6, 6.07) is 4.62. The summed E-state index contributed by atoms with van der Waals surface area (Å²) >= 11 is 0. The van der Waals surface area contributed by atoms with Crippen LogP contribution in [0.15, 0.2) is 24.3 Å². The van der Waals surface area contributed by atoms with Crippen molar-refractivity contribution in [1.29, 1.82) is 0 Å². The molecule has 22 heavy (non-hydrogen) atoms. The number of nitrogens with one attached hydrogen (secondary N) is 1. The Morgan fingerprint density at radius 1 is 1.36 bits per heavy atom. The molecule has 2 aliphatic heterocycles. The zero-order chi connectivity index (χ0) is 14.2. The van der Waals surface area contributed by atoms with Gasteiger partial charge in [-0.2, -0.15) is 0 Å². The minimum absolute atomic E-state index is 0. The molecule has 2 heterocycles. The molecule has 2 aliphatic carbocycles. The molecule has 0 saturated carbocycles. The predicted molar refractivity (Wildman–Crippen MR) is 85.1 cm³/mol. The van der Waals surface area contributed by atoms with Gasteiger partial charge in [0.25, 0.3) is 0 Å². The van der Waals surface area contributed by atoms with Crippen LogP contribution in [-0.2, 0) is 11.8 Å². The minimum atomic E-state index is -0.539. The minimum Gasteiger partial charge on any atom is -0.493 e. The van der Waals surface area contributed by atoms with Crippen molar-refractivity contribution in [3.8, 4) is 11.5 Å². The van der Waals surface area contributed by atoms with Crippen LogP contribution in [0.4, 0.5) is 0 Å². The van der Waals surface area contributed by atoms with Gasteiger partial charge in [-0.1, -0.05) is 18.2 Å². The zero-order valence-corrected chi connectivity index (χ0v) is 13.2. The first-order chi connectivity index (χ1) is 10.3. The molecule has 4 aliphatic rings. The second-order valence-corrected chi connectivity index (χ2v) is 6.63. The zero-order valence-electron chi connectivity index (χ0n) is 12.4. The number of aliphatic hydroxyl groups excluding tert-OH is 1. The third-order valence-corrected chi connectivity index (χ3v) is 5.88. The average Bonchev–Trinajstić information content (AvgIpc) is 2.83. The van der Waals surface area contributed by atoms with Gasteiger partial charge in [-0.05, 0) is 31.0 Å². The molecule has 2 N–H and O–H groups in total. The van der Waals surface area contributed by atoms with E-state index in [4.69, 9.17) is 9.47 Å². The summed E-state index contributed by atoms with van der Waals surface area (Å²) in [6.45, 7) is 0.984. The van der Waals surface area contributed by atoms with E-state index in [1.54, 1.807) is 7.11 Å². The van der Waals surface area contributed by atoms with Gasteiger partial charge in [0.2, 0.25) is 0 Å². The maximum absolute atomic E-state index is 10.5. The van der Waals surface area contributed by atoms with Crippen LogP contribution in [0.2, 0.25) is 0 Å². The normalized spacial score (nSPS) is 39.5. The van der Waals surface area contributed by atoms with Gasteiger partial charge in [-0.3, -0.25) is 0 Å². The quantitative estimate of drug-likeness (QED) is 0.771. The van der Waals surface area contributed by atoms with Gasteiger partial charge in [0.15, 0.2) is 11.5 Å². The molecule has 1 spiro atoms. The number of hydrogen-bond acceptors (Lipinski definition) is 4. The highest BCUT2D eigenvalue weighted by molar-refractivity contribution is 5.85. The van der Waals surface area contributed by atoms with E-state index in [1.807, 2.05) is 12.1 Å². The number of aliphatic hydroxyl groups is 1.